The van der Waals surface area contributed by atoms with Gasteiger partial charge in [0.2, 0.25) is 11.1 Å². The molecule has 0 aliphatic carbocycles. The minimum atomic E-state index is 0.0459. The van der Waals surface area contributed by atoms with Crippen LogP contribution in [0.1, 0.15) is 12.5 Å². The molecule has 0 bridgehead atoms. The van der Waals surface area contributed by atoms with Gasteiger partial charge in [-0.15, -0.1) is 5.10 Å². The standard InChI is InChI=1S/C19H16Cl2N4OS/c1-11-8-12-4-2-3-5-16(12)25(11)17(26)10-27-19-22-18(23-24-19)14-9-13(20)6-7-15(14)21/h2-7,9,11H,8,10H2,1H3,(H,22,23,24)/t11-/m0/s1. The third-order valence-electron chi connectivity index (χ3n) is 4.45. The van der Waals surface area contributed by atoms with E-state index in [-0.39, 0.29) is 17.7 Å². The number of nitrogens with one attached hydrogen (secondary N) is 1. The molecule has 0 radical (unpaired) electrons. The molecule has 1 aromatic heterocycles. The Morgan fingerprint density at radius 2 is 2.11 bits per heavy atom. The molecule has 2 heterocycles. The maximum absolute atomic E-state index is 12.8. The first-order valence-electron chi connectivity index (χ1n) is 8.43. The van der Waals surface area contributed by atoms with Crippen molar-refractivity contribution in [2.24, 2.45) is 0 Å². The Hall–Kier alpha value is -2.02. The summed E-state index contributed by atoms with van der Waals surface area (Å²) in [6.07, 6.45) is 0.880. The zero-order valence-corrected chi connectivity index (χ0v) is 16.8. The summed E-state index contributed by atoms with van der Waals surface area (Å²) >= 11 is 13.5. The highest BCUT2D eigenvalue weighted by Gasteiger charge is 2.30. The highest BCUT2D eigenvalue weighted by molar-refractivity contribution is 7.99. The van der Waals surface area contributed by atoms with E-state index in [1.54, 1.807) is 18.2 Å². The summed E-state index contributed by atoms with van der Waals surface area (Å²) in [6.45, 7) is 2.06. The molecule has 138 valence electrons. The molecule has 4 rings (SSSR count). The van der Waals surface area contributed by atoms with Crippen LogP contribution >= 0.6 is 35.0 Å². The van der Waals surface area contributed by atoms with E-state index in [1.165, 1.54) is 17.3 Å². The lowest BCUT2D eigenvalue weighted by Crippen LogP contribution is -2.36. The van der Waals surface area contributed by atoms with Gasteiger partial charge in [-0.05, 0) is 43.2 Å². The number of H-pyrrole nitrogens is 1. The SMILES string of the molecule is C[C@H]1Cc2ccccc2N1C(=O)CSc1n[nH]c(-c2cc(Cl)ccc2Cl)n1. The van der Waals surface area contributed by atoms with E-state index in [9.17, 15) is 4.79 Å². The number of carbonyl (C=O) groups is 1. The average molecular weight is 419 g/mol. The second-order valence-corrected chi connectivity index (χ2v) is 8.11. The molecule has 1 amide bonds. The van der Waals surface area contributed by atoms with Crippen molar-refractivity contribution >= 4 is 46.6 Å². The van der Waals surface area contributed by atoms with Crippen LogP contribution in [0.25, 0.3) is 11.4 Å². The van der Waals surface area contributed by atoms with E-state index >= 15 is 0 Å². The molecule has 3 aromatic rings. The van der Waals surface area contributed by atoms with Crippen LogP contribution in [0.4, 0.5) is 5.69 Å². The number of hydrogen-bond donors (Lipinski definition) is 1. The van der Waals surface area contributed by atoms with Crippen LogP contribution in [0.15, 0.2) is 47.6 Å². The lowest BCUT2D eigenvalue weighted by Gasteiger charge is -2.22. The van der Waals surface area contributed by atoms with Crippen LogP contribution in [0.2, 0.25) is 10.0 Å². The van der Waals surface area contributed by atoms with Crippen LogP contribution in [0, 0.1) is 0 Å². The van der Waals surface area contributed by atoms with Crippen molar-refractivity contribution in [1.29, 1.82) is 0 Å². The third kappa shape index (κ3) is 3.70. The van der Waals surface area contributed by atoms with Crippen molar-refractivity contribution in [1.82, 2.24) is 15.2 Å². The number of benzene rings is 2. The molecular weight excluding hydrogens is 403 g/mol. The van der Waals surface area contributed by atoms with Crippen molar-refractivity contribution in [3.63, 3.8) is 0 Å². The number of fused-ring (bicyclic) bond motifs is 1. The lowest BCUT2D eigenvalue weighted by atomic mass is 10.1. The molecule has 1 atom stereocenters. The predicted octanol–water partition coefficient (Wildman–Crippen LogP) is 4.85. The average Bonchev–Trinajstić information content (AvgIpc) is 3.25. The molecule has 27 heavy (non-hydrogen) atoms. The summed E-state index contributed by atoms with van der Waals surface area (Å²) in [5.41, 5.74) is 2.88. The molecule has 0 spiro atoms. The Morgan fingerprint density at radius 3 is 2.96 bits per heavy atom. The molecule has 5 nitrogen and oxygen atoms in total. The normalized spacial score (nSPS) is 15.8. The van der Waals surface area contributed by atoms with Crippen molar-refractivity contribution in [3.05, 3.63) is 58.1 Å². The third-order valence-corrected chi connectivity index (χ3v) is 5.85. The molecule has 0 saturated carbocycles. The molecular formula is C19H16Cl2N4OS. The Bertz CT molecular complexity index is 1010. The zero-order valence-electron chi connectivity index (χ0n) is 14.4. The molecule has 1 aliphatic heterocycles. The number of para-hydroxylation sites is 1. The van der Waals surface area contributed by atoms with Gasteiger partial charge in [0.05, 0.1) is 10.8 Å². The lowest BCUT2D eigenvalue weighted by molar-refractivity contribution is -0.116. The maximum Gasteiger partial charge on any atom is 0.237 e. The van der Waals surface area contributed by atoms with Gasteiger partial charge in [0.1, 0.15) is 0 Å². The first kappa shape index (κ1) is 18.3. The number of halogens is 2. The Morgan fingerprint density at radius 1 is 1.30 bits per heavy atom. The number of amides is 1. The second-order valence-electron chi connectivity index (χ2n) is 6.33. The van der Waals surface area contributed by atoms with Crippen LogP contribution < -0.4 is 4.90 Å². The summed E-state index contributed by atoms with van der Waals surface area (Å²) in [5, 5.41) is 8.63. The number of hydrogen-bond acceptors (Lipinski definition) is 4. The van der Waals surface area contributed by atoms with E-state index in [1.807, 2.05) is 23.1 Å². The predicted molar refractivity (Wildman–Crippen MR) is 110 cm³/mol. The van der Waals surface area contributed by atoms with E-state index in [0.717, 1.165) is 12.1 Å². The monoisotopic (exact) mass is 418 g/mol. The summed E-state index contributed by atoms with van der Waals surface area (Å²) in [5.74, 6) is 0.834. The van der Waals surface area contributed by atoms with Crippen molar-refractivity contribution < 1.29 is 4.79 Å². The Balaban J connectivity index is 1.46. The molecule has 8 heteroatoms. The van der Waals surface area contributed by atoms with Gasteiger partial charge in [0.25, 0.3) is 0 Å². The largest absolute Gasteiger partial charge is 0.308 e. The first-order valence-corrected chi connectivity index (χ1v) is 10.2. The summed E-state index contributed by atoms with van der Waals surface area (Å²) in [6, 6.07) is 13.3. The minimum absolute atomic E-state index is 0.0459. The molecule has 1 N–H and O–H groups in total. The van der Waals surface area contributed by atoms with Crippen LogP contribution in [-0.4, -0.2) is 32.9 Å². The number of nitrogens with zero attached hydrogens (tertiary/aromatic N) is 3. The van der Waals surface area contributed by atoms with E-state index in [0.29, 0.717) is 26.6 Å². The quantitative estimate of drug-likeness (QED) is 0.615. The van der Waals surface area contributed by atoms with Crippen molar-refractivity contribution in [2.75, 3.05) is 10.7 Å². The van der Waals surface area contributed by atoms with Gasteiger partial charge in [-0.1, -0.05) is 53.2 Å². The van der Waals surface area contributed by atoms with Crippen LogP contribution in [0.5, 0.6) is 0 Å². The number of thioether (sulfide) groups is 1. The number of aromatic amines is 1. The second kappa shape index (κ2) is 7.54. The zero-order chi connectivity index (χ0) is 19.0. The summed E-state index contributed by atoms with van der Waals surface area (Å²) in [4.78, 5) is 19.1. The number of aromatic nitrogens is 3. The topological polar surface area (TPSA) is 61.9 Å². The fourth-order valence-electron chi connectivity index (χ4n) is 3.25. The molecule has 0 unspecified atom stereocenters. The fourth-order valence-corrected chi connectivity index (χ4v) is 4.29. The number of rotatable bonds is 4. The van der Waals surface area contributed by atoms with E-state index in [2.05, 4.69) is 28.2 Å². The number of anilines is 1. The number of carbonyl (C=O) groups excluding carboxylic acids is 1. The van der Waals surface area contributed by atoms with Crippen LogP contribution in [0.3, 0.4) is 0 Å². The van der Waals surface area contributed by atoms with Crippen LogP contribution in [-0.2, 0) is 11.2 Å². The van der Waals surface area contributed by atoms with E-state index < -0.39 is 0 Å². The van der Waals surface area contributed by atoms with Gasteiger partial charge in [0, 0.05) is 22.3 Å². The van der Waals surface area contributed by atoms with Gasteiger partial charge >= 0.3 is 0 Å². The molecule has 1 aliphatic rings. The summed E-state index contributed by atoms with van der Waals surface area (Å²) in [7, 11) is 0. The van der Waals surface area contributed by atoms with Gasteiger partial charge in [0.15, 0.2) is 5.82 Å². The van der Waals surface area contributed by atoms with Crippen molar-refractivity contribution in [3.8, 4) is 11.4 Å². The minimum Gasteiger partial charge on any atom is -0.308 e. The fraction of sp³-hybridized carbons (Fsp3) is 0.211. The van der Waals surface area contributed by atoms with Gasteiger partial charge < -0.3 is 4.90 Å². The van der Waals surface area contributed by atoms with E-state index in [4.69, 9.17) is 23.2 Å². The smallest absolute Gasteiger partial charge is 0.237 e. The van der Waals surface area contributed by atoms with Gasteiger partial charge in [-0.2, -0.15) is 0 Å². The highest BCUT2D eigenvalue weighted by Crippen LogP contribution is 2.33. The van der Waals surface area contributed by atoms with Gasteiger partial charge in [-0.3, -0.25) is 9.89 Å². The van der Waals surface area contributed by atoms with Crippen molar-refractivity contribution in [2.45, 2.75) is 24.5 Å². The first-order chi connectivity index (χ1) is 13.0. The maximum atomic E-state index is 12.8. The van der Waals surface area contributed by atoms with Gasteiger partial charge in [-0.25, -0.2) is 4.98 Å². The molecule has 2 aromatic carbocycles. The Labute approximate surface area is 171 Å². The Kier molecular flexibility index (Phi) is 5.12. The molecule has 0 fully saturated rings. The highest BCUT2D eigenvalue weighted by atomic mass is 35.5. The summed E-state index contributed by atoms with van der Waals surface area (Å²) < 4.78 is 0. The molecule has 0 saturated heterocycles.